The zero-order chi connectivity index (χ0) is 14.1. The number of allylic oxidation sites excluding steroid dienone is 4. The van der Waals surface area contributed by atoms with Crippen molar-refractivity contribution in [2.45, 2.75) is 12.1 Å². The first kappa shape index (κ1) is 11.1. The Labute approximate surface area is 120 Å². The molecule has 0 radical (unpaired) electrons. The lowest BCUT2D eigenvalue weighted by Gasteiger charge is -2.47. The molecule has 0 unspecified atom stereocenters. The second-order valence-electron chi connectivity index (χ2n) is 5.83. The maximum atomic E-state index is 12.7. The lowest BCUT2D eigenvalue weighted by Crippen LogP contribution is -2.50. The second kappa shape index (κ2) is 3.55. The summed E-state index contributed by atoms with van der Waals surface area (Å²) in [6.07, 6.45) is 8.41. The number of nitrogens with zero attached hydrogens (tertiary/aromatic N) is 3. The number of aromatic nitrogens is 3. The van der Waals surface area contributed by atoms with Crippen molar-refractivity contribution >= 4 is 0 Å². The first-order chi connectivity index (χ1) is 10.3. The molecule has 0 spiro atoms. The number of rotatable bonds is 1. The normalized spacial score (nSPS) is 30.9. The van der Waals surface area contributed by atoms with Crippen molar-refractivity contribution in [1.82, 2.24) is 13.9 Å². The molecule has 1 aromatic carbocycles. The van der Waals surface area contributed by atoms with Crippen LogP contribution in [0.2, 0.25) is 0 Å². The molecular formula is C16H13N3O2. The summed E-state index contributed by atoms with van der Waals surface area (Å²) in [7, 11) is 0. The summed E-state index contributed by atoms with van der Waals surface area (Å²) in [5.41, 5.74) is 0.134. The molecular weight excluding hydrogens is 266 g/mol. The van der Waals surface area contributed by atoms with E-state index >= 15 is 0 Å². The molecule has 0 amide bonds. The van der Waals surface area contributed by atoms with Gasteiger partial charge in [0.1, 0.15) is 0 Å². The number of para-hydroxylation sites is 1. The van der Waals surface area contributed by atoms with Crippen LogP contribution in [0, 0.1) is 11.8 Å². The van der Waals surface area contributed by atoms with E-state index in [1.807, 2.05) is 18.2 Å². The summed E-state index contributed by atoms with van der Waals surface area (Å²) < 4.78 is 4.53. The third-order valence-corrected chi connectivity index (χ3v) is 4.88. The van der Waals surface area contributed by atoms with Gasteiger partial charge in [-0.15, -0.1) is 0 Å². The smallest absolute Gasteiger partial charge is 0.245 e. The van der Waals surface area contributed by atoms with E-state index in [0.29, 0.717) is 17.5 Å². The van der Waals surface area contributed by atoms with Crippen molar-refractivity contribution in [3.63, 3.8) is 0 Å². The van der Waals surface area contributed by atoms with Crippen LogP contribution in [0.4, 0.5) is 0 Å². The molecule has 2 aromatic rings. The molecule has 0 saturated heterocycles. The Balaban J connectivity index is 1.83. The topological polar surface area (TPSA) is 48.9 Å². The number of hydrogen-bond acceptors (Lipinski definition) is 2. The highest BCUT2D eigenvalue weighted by molar-refractivity contribution is 5.33. The minimum Gasteiger partial charge on any atom is -0.245 e. The Hall–Kier alpha value is -2.56. The van der Waals surface area contributed by atoms with Gasteiger partial charge in [-0.3, -0.25) is 0 Å². The zero-order valence-corrected chi connectivity index (χ0v) is 11.2. The number of hydrogen-bond donors (Lipinski definition) is 0. The van der Waals surface area contributed by atoms with Crippen LogP contribution in [0.3, 0.4) is 0 Å². The van der Waals surface area contributed by atoms with Gasteiger partial charge in [0.15, 0.2) is 0 Å². The van der Waals surface area contributed by atoms with E-state index in [2.05, 4.69) is 24.3 Å². The van der Waals surface area contributed by atoms with E-state index in [1.165, 1.54) is 4.57 Å². The van der Waals surface area contributed by atoms with Crippen LogP contribution in [-0.2, 0) is 0 Å². The van der Waals surface area contributed by atoms with E-state index in [4.69, 9.17) is 0 Å². The van der Waals surface area contributed by atoms with Crippen molar-refractivity contribution in [2.24, 2.45) is 11.8 Å². The lowest BCUT2D eigenvalue weighted by molar-refractivity contribution is 0.138. The molecule has 3 heterocycles. The molecule has 104 valence electrons. The number of benzene rings is 1. The molecule has 0 N–H and O–H groups in total. The van der Waals surface area contributed by atoms with Crippen LogP contribution >= 0.6 is 0 Å². The molecule has 4 atom stereocenters. The second-order valence-corrected chi connectivity index (χ2v) is 5.83. The molecule has 2 aliphatic carbocycles. The predicted octanol–water partition coefficient (Wildman–Crippen LogP) is 1.27. The van der Waals surface area contributed by atoms with Crippen LogP contribution in [0.5, 0.6) is 0 Å². The summed E-state index contributed by atoms with van der Waals surface area (Å²) in [6.45, 7) is 0. The first-order valence-electron chi connectivity index (χ1n) is 7.15. The molecule has 2 bridgehead atoms. The van der Waals surface area contributed by atoms with Gasteiger partial charge in [0.25, 0.3) is 0 Å². The maximum absolute atomic E-state index is 12.7. The molecule has 0 fully saturated rings. The van der Waals surface area contributed by atoms with Gasteiger partial charge in [-0.05, 0) is 12.1 Å². The molecule has 4 aliphatic rings. The molecule has 5 heteroatoms. The van der Waals surface area contributed by atoms with Crippen LogP contribution in [0.25, 0.3) is 5.69 Å². The van der Waals surface area contributed by atoms with Crippen LogP contribution in [-0.4, -0.2) is 13.9 Å². The summed E-state index contributed by atoms with van der Waals surface area (Å²) >= 11 is 0. The molecule has 0 saturated carbocycles. The predicted molar refractivity (Wildman–Crippen MR) is 77.6 cm³/mol. The van der Waals surface area contributed by atoms with Gasteiger partial charge in [0.05, 0.1) is 17.8 Å². The van der Waals surface area contributed by atoms with E-state index < -0.39 is 0 Å². The Morgan fingerprint density at radius 1 is 0.714 bits per heavy atom. The monoisotopic (exact) mass is 279 g/mol. The minimum atomic E-state index is -0.246. The Kier molecular flexibility index (Phi) is 1.88. The van der Waals surface area contributed by atoms with Gasteiger partial charge in [-0.25, -0.2) is 23.5 Å². The van der Waals surface area contributed by atoms with Crippen molar-refractivity contribution in [1.29, 1.82) is 0 Å². The summed E-state index contributed by atoms with van der Waals surface area (Å²) in [6, 6.07) is 9.05. The van der Waals surface area contributed by atoms with Crippen LogP contribution < -0.4 is 11.4 Å². The fourth-order valence-corrected chi connectivity index (χ4v) is 3.84. The van der Waals surface area contributed by atoms with Gasteiger partial charge in [0, 0.05) is 11.8 Å². The summed E-state index contributed by atoms with van der Waals surface area (Å²) in [4.78, 5) is 25.5. The van der Waals surface area contributed by atoms with Gasteiger partial charge < -0.3 is 0 Å². The largest absolute Gasteiger partial charge is 0.352 e. The third kappa shape index (κ3) is 1.18. The van der Waals surface area contributed by atoms with Crippen molar-refractivity contribution < 1.29 is 0 Å². The molecule has 6 rings (SSSR count). The SMILES string of the molecule is O=c1n(-c2ccccc2)c(=O)n2n1[C@H]1C=C[C@H]2[C@H]2C=C[C@@H]21. The highest BCUT2D eigenvalue weighted by atomic mass is 16.2. The fourth-order valence-electron chi connectivity index (χ4n) is 3.84. The molecule has 5 nitrogen and oxygen atoms in total. The Morgan fingerprint density at radius 2 is 1.24 bits per heavy atom. The zero-order valence-electron chi connectivity index (χ0n) is 11.2. The van der Waals surface area contributed by atoms with Crippen molar-refractivity contribution in [3.8, 4) is 5.69 Å². The maximum Gasteiger partial charge on any atom is 0.352 e. The van der Waals surface area contributed by atoms with Crippen LogP contribution in [0.1, 0.15) is 12.1 Å². The highest BCUT2D eigenvalue weighted by Crippen LogP contribution is 2.49. The van der Waals surface area contributed by atoms with Gasteiger partial charge >= 0.3 is 11.4 Å². The van der Waals surface area contributed by atoms with E-state index in [9.17, 15) is 9.59 Å². The van der Waals surface area contributed by atoms with Crippen molar-refractivity contribution in [2.75, 3.05) is 0 Å². The lowest BCUT2D eigenvalue weighted by atomic mass is 9.68. The summed E-state index contributed by atoms with van der Waals surface area (Å²) in [5, 5.41) is 0. The van der Waals surface area contributed by atoms with Crippen molar-refractivity contribution in [3.05, 3.63) is 75.6 Å². The Morgan fingerprint density at radius 3 is 1.71 bits per heavy atom. The molecule has 2 aliphatic heterocycles. The third-order valence-electron chi connectivity index (χ3n) is 4.88. The Bertz CT molecular complexity index is 860. The molecule has 1 aromatic heterocycles. The van der Waals surface area contributed by atoms with Crippen LogP contribution in [0.15, 0.2) is 64.2 Å². The van der Waals surface area contributed by atoms with E-state index in [-0.39, 0.29) is 23.5 Å². The van der Waals surface area contributed by atoms with E-state index in [0.717, 1.165) is 0 Å². The fraction of sp³-hybridized carbons (Fsp3) is 0.250. The highest BCUT2D eigenvalue weighted by Gasteiger charge is 2.47. The average molecular weight is 279 g/mol. The molecule has 21 heavy (non-hydrogen) atoms. The standard InChI is InChI=1S/C16H13N3O2/c20-15-17(10-4-2-1-3-5-10)16(21)19-14-9-8-13(18(15)19)11-6-7-12(11)14/h1-9,11-14H/t11-,12-,13-,14-/m0/s1. The first-order valence-corrected chi connectivity index (χ1v) is 7.15. The quantitative estimate of drug-likeness (QED) is 0.738. The van der Waals surface area contributed by atoms with Gasteiger partial charge in [-0.1, -0.05) is 42.5 Å². The minimum absolute atomic E-state index is 0.0323. The van der Waals surface area contributed by atoms with E-state index in [1.54, 1.807) is 21.5 Å². The summed E-state index contributed by atoms with van der Waals surface area (Å²) in [5.74, 6) is 0.701. The van der Waals surface area contributed by atoms with Gasteiger partial charge in [-0.2, -0.15) is 0 Å². The van der Waals surface area contributed by atoms with Gasteiger partial charge in [0.2, 0.25) is 0 Å². The average Bonchev–Trinajstić information content (AvgIpc) is 2.73.